The van der Waals surface area contributed by atoms with Gasteiger partial charge in [-0.3, -0.25) is 9.59 Å². The first kappa shape index (κ1) is 19.4. The lowest BCUT2D eigenvalue weighted by atomic mass is 10.1. The Bertz CT molecular complexity index is 589. The number of hydrogen-bond donors (Lipinski definition) is 6. The molecule has 1 aromatic carbocycles. The SMILES string of the molecule is CC(NC(=O)C(N)Cc1ccc(O)cc1)C(=O)NC(CO)C(=O)O. The molecule has 132 valence electrons. The number of phenolic OH excluding ortho intramolecular Hbond substituents is 1. The van der Waals surface area contributed by atoms with Crippen molar-refractivity contribution in [2.75, 3.05) is 6.61 Å². The Labute approximate surface area is 138 Å². The maximum Gasteiger partial charge on any atom is 0.328 e. The molecule has 2 amide bonds. The number of carboxylic acid groups (broad SMARTS) is 1. The second kappa shape index (κ2) is 8.85. The normalized spacial score (nSPS) is 14.3. The Morgan fingerprint density at radius 1 is 1.12 bits per heavy atom. The number of hydrogen-bond acceptors (Lipinski definition) is 6. The molecule has 0 aliphatic carbocycles. The molecule has 0 aliphatic rings. The zero-order chi connectivity index (χ0) is 18.3. The van der Waals surface area contributed by atoms with Crippen LogP contribution in [0.4, 0.5) is 0 Å². The molecule has 1 rings (SSSR count). The number of benzene rings is 1. The highest BCUT2D eigenvalue weighted by atomic mass is 16.4. The quantitative estimate of drug-likeness (QED) is 0.330. The Hall–Kier alpha value is -2.65. The van der Waals surface area contributed by atoms with Crippen LogP contribution in [0.3, 0.4) is 0 Å². The number of carboxylic acids is 1. The number of aliphatic hydroxyl groups is 1. The third-order valence-electron chi connectivity index (χ3n) is 3.28. The van der Waals surface area contributed by atoms with Crippen LogP contribution in [-0.4, -0.2) is 57.8 Å². The van der Waals surface area contributed by atoms with Crippen molar-refractivity contribution in [2.24, 2.45) is 5.73 Å². The first-order valence-corrected chi connectivity index (χ1v) is 7.22. The van der Waals surface area contributed by atoms with Crippen molar-refractivity contribution in [1.82, 2.24) is 10.6 Å². The zero-order valence-electron chi connectivity index (χ0n) is 13.1. The van der Waals surface area contributed by atoms with Gasteiger partial charge in [0, 0.05) is 0 Å². The highest BCUT2D eigenvalue weighted by molar-refractivity contribution is 5.91. The molecule has 0 aliphatic heterocycles. The van der Waals surface area contributed by atoms with Gasteiger partial charge in [0.2, 0.25) is 11.8 Å². The predicted molar refractivity (Wildman–Crippen MR) is 84.0 cm³/mol. The summed E-state index contributed by atoms with van der Waals surface area (Å²) in [6, 6.07) is 2.81. The molecule has 0 heterocycles. The largest absolute Gasteiger partial charge is 0.508 e. The number of amides is 2. The van der Waals surface area contributed by atoms with Gasteiger partial charge in [-0.15, -0.1) is 0 Å². The van der Waals surface area contributed by atoms with Crippen molar-refractivity contribution in [3.8, 4) is 5.75 Å². The third kappa shape index (κ3) is 5.86. The summed E-state index contributed by atoms with van der Waals surface area (Å²) in [7, 11) is 0. The number of aromatic hydroxyl groups is 1. The molecule has 0 radical (unpaired) electrons. The third-order valence-corrected chi connectivity index (χ3v) is 3.28. The first-order chi connectivity index (χ1) is 11.2. The van der Waals surface area contributed by atoms with Crippen LogP contribution in [0.5, 0.6) is 5.75 Å². The molecule has 7 N–H and O–H groups in total. The lowest BCUT2D eigenvalue weighted by molar-refractivity contribution is -0.143. The number of nitrogens with two attached hydrogens (primary N) is 1. The second-order valence-electron chi connectivity index (χ2n) is 5.29. The van der Waals surface area contributed by atoms with Crippen LogP contribution in [0.15, 0.2) is 24.3 Å². The highest BCUT2D eigenvalue weighted by Crippen LogP contribution is 2.10. The van der Waals surface area contributed by atoms with Crippen molar-refractivity contribution < 1.29 is 29.7 Å². The van der Waals surface area contributed by atoms with Crippen LogP contribution in [-0.2, 0) is 20.8 Å². The summed E-state index contributed by atoms with van der Waals surface area (Å²) in [5, 5.41) is 31.3. The molecule has 24 heavy (non-hydrogen) atoms. The van der Waals surface area contributed by atoms with Crippen LogP contribution in [0.1, 0.15) is 12.5 Å². The van der Waals surface area contributed by atoms with Gasteiger partial charge in [-0.05, 0) is 31.0 Å². The van der Waals surface area contributed by atoms with Gasteiger partial charge in [0.05, 0.1) is 12.6 Å². The fourth-order valence-electron chi connectivity index (χ4n) is 1.85. The molecular formula is C15H21N3O6. The Morgan fingerprint density at radius 2 is 1.71 bits per heavy atom. The molecule has 0 saturated heterocycles. The fourth-order valence-corrected chi connectivity index (χ4v) is 1.85. The minimum absolute atomic E-state index is 0.0962. The van der Waals surface area contributed by atoms with E-state index in [4.69, 9.17) is 15.9 Å². The maximum atomic E-state index is 12.0. The zero-order valence-corrected chi connectivity index (χ0v) is 13.1. The summed E-state index contributed by atoms with van der Waals surface area (Å²) in [6.07, 6.45) is 0.203. The minimum atomic E-state index is -1.44. The van der Waals surface area contributed by atoms with Crippen LogP contribution in [0.2, 0.25) is 0 Å². The van der Waals surface area contributed by atoms with Crippen LogP contribution < -0.4 is 16.4 Å². The van der Waals surface area contributed by atoms with Crippen molar-refractivity contribution in [3.05, 3.63) is 29.8 Å². The summed E-state index contributed by atoms with van der Waals surface area (Å²) in [5.41, 5.74) is 6.51. The van der Waals surface area contributed by atoms with Crippen molar-refractivity contribution in [1.29, 1.82) is 0 Å². The number of phenols is 1. The molecule has 3 atom stereocenters. The van der Waals surface area contributed by atoms with E-state index in [1.165, 1.54) is 19.1 Å². The molecule has 0 aromatic heterocycles. The van der Waals surface area contributed by atoms with Gasteiger partial charge in [0.15, 0.2) is 0 Å². The Kier molecular flexibility index (Phi) is 7.15. The lowest BCUT2D eigenvalue weighted by Crippen LogP contribution is -2.54. The smallest absolute Gasteiger partial charge is 0.328 e. The second-order valence-corrected chi connectivity index (χ2v) is 5.29. The number of carbonyl (C=O) groups excluding carboxylic acids is 2. The lowest BCUT2D eigenvalue weighted by Gasteiger charge is -2.19. The number of aliphatic carboxylic acids is 1. The number of rotatable bonds is 8. The van der Waals surface area contributed by atoms with E-state index in [-0.39, 0.29) is 12.2 Å². The van der Waals surface area contributed by atoms with E-state index in [1.54, 1.807) is 12.1 Å². The predicted octanol–water partition coefficient (Wildman–Crippen LogP) is -1.67. The summed E-state index contributed by atoms with van der Waals surface area (Å²) in [5.74, 6) is -2.62. The van der Waals surface area contributed by atoms with Crippen molar-refractivity contribution in [2.45, 2.75) is 31.5 Å². The molecule has 0 bridgehead atoms. The maximum absolute atomic E-state index is 12.0. The van der Waals surface area contributed by atoms with Gasteiger partial charge in [-0.2, -0.15) is 0 Å². The number of aliphatic hydroxyl groups excluding tert-OH is 1. The van der Waals surface area contributed by atoms with Gasteiger partial charge in [-0.25, -0.2) is 4.79 Å². The fraction of sp³-hybridized carbons (Fsp3) is 0.400. The van der Waals surface area contributed by atoms with Crippen molar-refractivity contribution in [3.63, 3.8) is 0 Å². The van der Waals surface area contributed by atoms with Gasteiger partial charge < -0.3 is 31.7 Å². The van der Waals surface area contributed by atoms with Crippen LogP contribution in [0.25, 0.3) is 0 Å². The number of nitrogens with one attached hydrogen (secondary N) is 2. The van der Waals surface area contributed by atoms with Crippen molar-refractivity contribution >= 4 is 17.8 Å². The van der Waals surface area contributed by atoms with Gasteiger partial charge in [-0.1, -0.05) is 12.1 Å². The molecule has 3 unspecified atom stereocenters. The van der Waals surface area contributed by atoms with Gasteiger partial charge in [0.1, 0.15) is 17.8 Å². The van der Waals surface area contributed by atoms with E-state index in [9.17, 15) is 19.5 Å². The van der Waals surface area contributed by atoms with E-state index in [1.807, 2.05) is 0 Å². The monoisotopic (exact) mass is 339 g/mol. The Balaban J connectivity index is 2.54. The summed E-state index contributed by atoms with van der Waals surface area (Å²) >= 11 is 0. The summed E-state index contributed by atoms with van der Waals surface area (Å²) in [6.45, 7) is 0.610. The average molecular weight is 339 g/mol. The van der Waals surface area contributed by atoms with Crippen LogP contribution >= 0.6 is 0 Å². The van der Waals surface area contributed by atoms with Gasteiger partial charge in [0.25, 0.3) is 0 Å². The molecule has 0 spiro atoms. The summed E-state index contributed by atoms with van der Waals surface area (Å²) in [4.78, 5) is 34.5. The Morgan fingerprint density at radius 3 is 2.21 bits per heavy atom. The molecule has 9 nitrogen and oxygen atoms in total. The topological polar surface area (TPSA) is 162 Å². The summed E-state index contributed by atoms with van der Waals surface area (Å²) < 4.78 is 0. The minimum Gasteiger partial charge on any atom is -0.508 e. The molecule has 0 saturated carbocycles. The highest BCUT2D eigenvalue weighted by Gasteiger charge is 2.24. The van der Waals surface area contributed by atoms with E-state index in [2.05, 4.69) is 10.6 Å². The molecule has 1 aromatic rings. The number of carbonyl (C=O) groups is 3. The van der Waals surface area contributed by atoms with E-state index in [0.29, 0.717) is 0 Å². The molecular weight excluding hydrogens is 318 g/mol. The average Bonchev–Trinajstić information content (AvgIpc) is 2.53. The van der Waals surface area contributed by atoms with E-state index in [0.717, 1.165) is 5.56 Å². The van der Waals surface area contributed by atoms with E-state index < -0.39 is 42.5 Å². The van der Waals surface area contributed by atoms with Crippen LogP contribution in [0, 0.1) is 0 Å². The van der Waals surface area contributed by atoms with Gasteiger partial charge >= 0.3 is 5.97 Å². The van der Waals surface area contributed by atoms with E-state index >= 15 is 0 Å². The first-order valence-electron chi connectivity index (χ1n) is 7.22. The molecule has 0 fully saturated rings. The standard InChI is InChI=1S/C15H21N3O6/c1-8(13(21)18-12(7-19)15(23)24)17-14(22)11(16)6-9-2-4-10(20)5-3-9/h2-5,8,11-12,19-20H,6-7,16H2,1H3,(H,17,22)(H,18,21)(H,23,24). The molecule has 9 heteroatoms.